The van der Waals surface area contributed by atoms with Gasteiger partial charge in [0.25, 0.3) is 0 Å². The maximum absolute atomic E-state index is 13.2. The number of rotatable bonds is 8. The molecule has 0 heterocycles. The highest BCUT2D eigenvalue weighted by molar-refractivity contribution is 6.01. The average Bonchev–Trinajstić information content (AvgIpc) is 2.60. The lowest BCUT2D eigenvalue weighted by Gasteiger charge is -2.11. The maximum Gasteiger partial charge on any atom is 0.225 e. The van der Waals surface area contributed by atoms with Crippen LogP contribution in [0.15, 0.2) is 48.5 Å². The standard InChI is InChI=1S/C19H21FN2O3/c1-13(19(24)14-3-2-4-15(20)12-14)11-18(23)22-16-5-7-17(8-6-16)25-10-9-21/h2-8,12-13H,9-11,21H2,1H3,(H,22,23). The Labute approximate surface area is 146 Å². The normalized spacial score (nSPS) is 11.6. The van der Waals surface area contributed by atoms with Crippen molar-refractivity contribution in [2.75, 3.05) is 18.5 Å². The molecule has 0 radical (unpaired) electrons. The molecular weight excluding hydrogens is 323 g/mol. The average molecular weight is 344 g/mol. The Morgan fingerprint density at radius 1 is 1.20 bits per heavy atom. The minimum atomic E-state index is -0.547. The number of nitrogens with one attached hydrogen (secondary N) is 1. The highest BCUT2D eigenvalue weighted by Crippen LogP contribution is 2.18. The summed E-state index contributed by atoms with van der Waals surface area (Å²) in [5.74, 6) is -0.903. The lowest BCUT2D eigenvalue weighted by atomic mass is 9.96. The Hall–Kier alpha value is -2.73. The minimum absolute atomic E-state index is 0.0147. The maximum atomic E-state index is 13.2. The van der Waals surface area contributed by atoms with Gasteiger partial charge in [-0.15, -0.1) is 0 Å². The number of anilines is 1. The van der Waals surface area contributed by atoms with Gasteiger partial charge >= 0.3 is 0 Å². The summed E-state index contributed by atoms with van der Waals surface area (Å²) in [6.45, 7) is 2.50. The number of amides is 1. The lowest BCUT2D eigenvalue weighted by Crippen LogP contribution is -2.20. The van der Waals surface area contributed by atoms with Crippen LogP contribution in [0.1, 0.15) is 23.7 Å². The second kappa shape index (κ2) is 8.94. The highest BCUT2D eigenvalue weighted by Gasteiger charge is 2.19. The molecule has 0 fully saturated rings. The van der Waals surface area contributed by atoms with Gasteiger partial charge < -0.3 is 15.8 Å². The topological polar surface area (TPSA) is 81.4 Å². The van der Waals surface area contributed by atoms with Gasteiger partial charge in [-0.2, -0.15) is 0 Å². The van der Waals surface area contributed by atoms with Crippen molar-refractivity contribution in [3.63, 3.8) is 0 Å². The minimum Gasteiger partial charge on any atom is -0.492 e. The van der Waals surface area contributed by atoms with Crippen molar-refractivity contribution in [2.45, 2.75) is 13.3 Å². The fourth-order valence-corrected chi connectivity index (χ4v) is 2.32. The van der Waals surface area contributed by atoms with E-state index in [1.807, 2.05) is 0 Å². The molecule has 2 rings (SSSR count). The Morgan fingerprint density at radius 2 is 1.92 bits per heavy atom. The summed E-state index contributed by atoms with van der Waals surface area (Å²) in [6, 6.07) is 12.3. The first-order chi connectivity index (χ1) is 12.0. The molecule has 2 aromatic rings. The van der Waals surface area contributed by atoms with Crippen LogP contribution in [-0.4, -0.2) is 24.8 Å². The molecule has 0 spiro atoms. The molecule has 0 aromatic heterocycles. The number of hydrogen-bond acceptors (Lipinski definition) is 4. The summed E-state index contributed by atoms with van der Waals surface area (Å²) in [4.78, 5) is 24.4. The van der Waals surface area contributed by atoms with Crippen molar-refractivity contribution in [2.24, 2.45) is 11.7 Å². The molecule has 0 aliphatic carbocycles. The van der Waals surface area contributed by atoms with Gasteiger partial charge in [0, 0.05) is 30.1 Å². The molecule has 1 amide bonds. The molecule has 0 aliphatic rings. The van der Waals surface area contributed by atoms with Crippen molar-refractivity contribution in [1.82, 2.24) is 0 Å². The zero-order valence-electron chi connectivity index (χ0n) is 14.0. The van der Waals surface area contributed by atoms with Gasteiger partial charge in [-0.25, -0.2) is 4.39 Å². The van der Waals surface area contributed by atoms with Crippen LogP contribution in [0.2, 0.25) is 0 Å². The summed E-state index contributed by atoms with van der Waals surface area (Å²) in [6.07, 6.45) is 0.0147. The van der Waals surface area contributed by atoms with E-state index in [0.29, 0.717) is 24.6 Å². The summed E-state index contributed by atoms with van der Waals surface area (Å²) < 4.78 is 18.6. The summed E-state index contributed by atoms with van der Waals surface area (Å²) >= 11 is 0. The first-order valence-electron chi connectivity index (χ1n) is 8.02. The van der Waals surface area contributed by atoms with E-state index in [-0.39, 0.29) is 23.7 Å². The van der Waals surface area contributed by atoms with Gasteiger partial charge in [0.15, 0.2) is 5.78 Å². The molecule has 1 atom stereocenters. The zero-order chi connectivity index (χ0) is 18.2. The molecule has 132 valence electrons. The Balaban J connectivity index is 1.89. The number of carbonyl (C=O) groups excluding carboxylic acids is 2. The number of nitrogens with two attached hydrogens (primary N) is 1. The monoisotopic (exact) mass is 344 g/mol. The Kier molecular flexibility index (Phi) is 6.65. The van der Waals surface area contributed by atoms with E-state index in [1.165, 1.54) is 18.2 Å². The lowest BCUT2D eigenvalue weighted by molar-refractivity contribution is -0.116. The molecule has 0 saturated carbocycles. The molecule has 2 aromatic carbocycles. The number of carbonyl (C=O) groups is 2. The van der Waals surface area contributed by atoms with Crippen LogP contribution in [0.3, 0.4) is 0 Å². The van der Waals surface area contributed by atoms with E-state index in [0.717, 1.165) is 0 Å². The fraction of sp³-hybridized carbons (Fsp3) is 0.263. The Bertz CT molecular complexity index is 732. The predicted octanol–water partition coefficient (Wildman–Crippen LogP) is 3.01. The zero-order valence-corrected chi connectivity index (χ0v) is 14.0. The van der Waals surface area contributed by atoms with Gasteiger partial charge in [0.1, 0.15) is 18.2 Å². The van der Waals surface area contributed by atoms with Gasteiger partial charge in [-0.3, -0.25) is 9.59 Å². The van der Waals surface area contributed by atoms with Crippen molar-refractivity contribution in [1.29, 1.82) is 0 Å². The molecule has 25 heavy (non-hydrogen) atoms. The quantitative estimate of drug-likeness (QED) is 0.721. The number of ketones is 1. The number of hydrogen-bond donors (Lipinski definition) is 2. The van der Waals surface area contributed by atoms with E-state index in [4.69, 9.17) is 10.5 Å². The SMILES string of the molecule is CC(CC(=O)Nc1ccc(OCCN)cc1)C(=O)c1cccc(F)c1. The molecule has 3 N–H and O–H groups in total. The van der Waals surface area contributed by atoms with E-state index in [9.17, 15) is 14.0 Å². The summed E-state index contributed by atoms with van der Waals surface area (Å²) in [5, 5.41) is 2.73. The van der Waals surface area contributed by atoms with Crippen LogP contribution in [0.4, 0.5) is 10.1 Å². The van der Waals surface area contributed by atoms with Crippen molar-refractivity contribution in [3.05, 3.63) is 59.9 Å². The first-order valence-corrected chi connectivity index (χ1v) is 8.02. The molecular formula is C19H21FN2O3. The van der Waals surface area contributed by atoms with Crippen molar-refractivity contribution >= 4 is 17.4 Å². The summed E-state index contributed by atoms with van der Waals surface area (Å²) in [5.41, 5.74) is 6.24. The molecule has 1 unspecified atom stereocenters. The van der Waals surface area contributed by atoms with Crippen LogP contribution in [-0.2, 0) is 4.79 Å². The Morgan fingerprint density at radius 3 is 2.56 bits per heavy atom. The summed E-state index contributed by atoms with van der Waals surface area (Å²) in [7, 11) is 0. The molecule has 5 nitrogen and oxygen atoms in total. The van der Waals surface area contributed by atoms with E-state index in [2.05, 4.69) is 5.32 Å². The fourth-order valence-electron chi connectivity index (χ4n) is 2.32. The highest BCUT2D eigenvalue weighted by atomic mass is 19.1. The smallest absolute Gasteiger partial charge is 0.225 e. The van der Waals surface area contributed by atoms with Gasteiger partial charge in [-0.05, 0) is 36.4 Å². The van der Waals surface area contributed by atoms with Gasteiger partial charge in [-0.1, -0.05) is 19.1 Å². The molecule has 0 saturated heterocycles. The number of halogens is 1. The van der Waals surface area contributed by atoms with E-state index < -0.39 is 11.7 Å². The number of benzene rings is 2. The number of Topliss-reactive ketones (excluding diaryl/α,β-unsaturated/α-hetero) is 1. The second-order valence-electron chi connectivity index (χ2n) is 5.69. The van der Waals surface area contributed by atoms with Crippen molar-refractivity contribution < 1.29 is 18.7 Å². The molecule has 0 aliphatic heterocycles. The van der Waals surface area contributed by atoms with E-state index >= 15 is 0 Å². The first kappa shape index (κ1) is 18.6. The van der Waals surface area contributed by atoms with Crippen LogP contribution in [0.5, 0.6) is 5.75 Å². The van der Waals surface area contributed by atoms with Gasteiger partial charge in [0.05, 0.1) is 0 Å². The van der Waals surface area contributed by atoms with Crippen LogP contribution in [0, 0.1) is 11.7 Å². The third kappa shape index (κ3) is 5.69. The molecule has 0 bridgehead atoms. The van der Waals surface area contributed by atoms with Crippen molar-refractivity contribution in [3.8, 4) is 5.75 Å². The third-order valence-corrected chi connectivity index (χ3v) is 3.57. The predicted molar refractivity (Wildman–Crippen MR) is 94.1 cm³/mol. The van der Waals surface area contributed by atoms with Crippen LogP contribution >= 0.6 is 0 Å². The van der Waals surface area contributed by atoms with Crippen LogP contribution < -0.4 is 15.8 Å². The number of ether oxygens (including phenoxy) is 1. The van der Waals surface area contributed by atoms with Gasteiger partial charge in [0.2, 0.25) is 5.91 Å². The third-order valence-electron chi connectivity index (χ3n) is 3.57. The second-order valence-corrected chi connectivity index (χ2v) is 5.69. The molecule has 6 heteroatoms. The largest absolute Gasteiger partial charge is 0.492 e. The van der Waals surface area contributed by atoms with E-state index in [1.54, 1.807) is 37.3 Å². The van der Waals surface area contributed by atoms with Crippen LogP contribution in [0.25, 0.3) is 0 Å².